The highest BCUT2D eigenvalue weighted by molar-refractivity contribution is 8.00. The Hall–Kier alpha value is -1.31. The minimum absolute atomic E-state index is 0.249. The molecule has 0 radical (unpaired) electrons. The minimum Gasteiger partial charge on any atom is -0.481 e. The van der Waals surface area contributed by atoms with Crippen LogP contribution in [0.2, 0.25) is 5.02 Å². The lowest BCUT2D eigenvalue weighted by molar-refractivity contribution is -0.122. The number of hydrogen-bond donors (Lipinski definition) is 1. The summed E-state index contributed by atoms with van der Waals surface area (Å²) in [6, 6.07) is 6.96. The molecule has 1 aromatic heterocycles. The number of amides is 1. The monoisotopic (exact) mass is 343 g/mol. The van der Waals surface area contributed by atoms with Crippen LogP contribution in [0, 0.1) is 0 Å². The molecule has 112 valence electrons. The van der Waals surface area contributed by atoms with Gasteiger partial charge in [-0.3, -0.25) is 10.1 Å². The summed E-state index contributed by atoms with van der Waals surface area (Å²) in [5.74, 6) is 0.313. The first-order valence-corrected chi connectivity index (χ1v) is 8.65. The molecule has 21 heavy (non-hydrogen) atoms. The van der Waals surface area contributed by atoms with E-state index in [1.54, 1.807) is 24.3 Å². The predicted octanol–water partition coefficient (Wildman–Crippen LogP) is 3.71. The summed E-state index contributed by atoms with van der Waals surface area (Å²) in [5, 5.41) is 11.6. The molecule has 8 heteroatoms. The Morgan fingerprint density at radius 1 is 1.52 bits per heavy atom. The van der Waals surface area contributed by atoms with E-state index in [-0.39, 0.29) is 5.91 Å². The summed E-state index contributed by atoms with van der Waals surface area (Å²) < 4.78 is 6.47. The summed E-state index contributed by atoms with van der Waals surface area (Å²) in [6.07, 6.45) is 1.83. The first-order chi connectivity index (χ1) is 10.1. The number of nitrogens with one attached hydrogen (secondary N) is 1. The van der Waals surface area contributed by atoms with Crippen LogP contribution in [-0.4, -0.2) is 28.5 Å². The lowest BCUT2D eigenvalue weighted by Gasteiger charge is -2.16. The van der Waals surface area contributed by atoms with Crippen molar-refractivity contribution < 1.29 is 9.53 Å². The summed E-state index contributed by atoms with van der Waals surface area (Å²) in [4.78, 5) is 12.2. The van der Waals surface area contributed by atoms with Crippen molar-refractivity contribution in [2.24, 2.45) is 0 Å². The Labute approximate surface area is 136 Å². The fourth-order valence-electron chi connectivity index (χ4n) is 1.56. The van der Waals surface area contributed by atoms with Crippen LogP contribution in [0.3, 0.4) is 0 Å². The third-order valence-electron chi connectivity index (χ3n) is 2.55. The molecule has 0 spiro atoms. The second-order valence-electron chi connectivity index (χ2n) is 4.04. The van der Waals surface area contributed by atoms with Gasteiger partial charge in [0, 0.05) is 5.02 Å². The third-order valence-corrected chi connectivity index (χ3v) is 4.60. The topological polar surface area (TPSA) is 64.1 Å². The van der Waals surface area contributed by atoms with E-state index in [4.69, 9.17) is 16.3 Å². The number of rotatable bonds is 6. The molecule has 0 saturated carbocycles. The van der Waals surface area contributed by atoms with E-state index in [9.17, 15) is 4.79 Å². The van der Waals surface area contributed by atoms with Crippen molar-refractivity contribution in [1.82, 2.24) is 10.2 Å². The zero-order valence-electron chi connectivity index (χ0n) is 11.5. The van der Waals surface area contributed by atoms with Crippen LogP contribution in [0.5, 0.6) is 5.75 Å². The number of hydrogen-bond acceptors (Lipinski definition) is 6. The highest BCUT2D eigenvalue weighted by atomic mass is 35.5. The smallest absolute Gasteiger partial charge is 0.267 e. The lowest BCUT2D eigenvalue weighted by atomic mass is 10.2. The summed E-state index contributed by atoms with van der Waals surface area (Å²) in [5.41, 5.74) is 0. The summed E-state index contributed by atoms with van der Waals surface area (Å²) in [6.45, 7) is 1.88. The van der Waals surface area contributed by atoms with Crippen molar-refractivity contribution >= 4 is 45.7 Å². The molecule has 1 heterocycles. The van der Waals surface area contributed by atoms with Crippen LogP contribution in [0.1, 0.15) is 13.3 Å². The predicted molar refractivity (Wildman–Crippen MR) is 86.5 cm³/mol. The molecule has 0 saturated heterocycles. The van der Waals surface area contributed by atoms with Crippen molar-refractivity contribution in [3.8, 4) is 5.75 Å². The average Bonchev–Trinajstić information content (AvgIpc) is 2.92. The number of carbonyl (C=O) groups excluding carboxylic acids is 1. The zero-order chi connectivity index (χ0) is 15.2. The molecule has 5 nitrogen and oxygen atoms in total. The van der Waals surface area contributed by atoms with Gasteiger partial charge in [-0.25, -0.2) is 0 Å². The maximum atomic E-state index is 12.2. The third kappa shape index (κ3) is 4.59. The molecular weight excluding hydrogens is 330 g/mol. The van der Waals surface area contributed by atoms with Crippen LogP contribution in [0.4, 0.5) is 5.13 Å². The summed E-state index contributed by atoms with van der Waals surface area (Å²) >= 11 is 8.71. The van der Waals surface area contributed by atoms with Gasteiger partial charge in [0.15, 0.2) is 10.4 Å². The Kier molecular flexibility index (Phi) is 5.84. The molecule has 1 aromatic carbocycles. The van der Waals surface area contributed by atoms with Gasteiger partial charge in [-0.1, -0.05) is 47.7 Å². The fourth-order valence-corrected chi connectivity index (χ4v) is 2.91. The number of thioether (sulfide) groups is 1. The van der Waals surface area contributed by atoms with E-state index in [0.717, 1.165) is 4.34 Å². The average molecular weight is 344 g/mol. The molecule has 0 fully saturated rings. The second-order valence-corrected chi connectivity index (χ2v) is 6.51. The molecule has 0 aliphatic carbocycles. The fraction of sp³-hybridized carbons (Fsp3) is 0.308. The van der Waals surface area contributed by atoms with Gasteiger partial charge in [-0.05, 0) is 30.9 Å². The van der Waals surface area contributed by atoms with Crippen LogP contribution >= 0.6 is 34.7 Å². The zero-order valence-corrected chi connectivity index (χ0v) is 13.9. The Morgan fingerprint density at radius 2 is 2.33 bits per heavy atom. The second kappa shape index (κ2) is 7.63. The Balaban J connectivity index is 2.01. The van der Waals surface area contributed by atoms with E-state index < -0.39 is 6.10 Å². The van der Waals surface area contributed by atoms with Gasteiger partial charge in [0.25, 0.3) is 5.91 Å². The number of halogens is 1. The molecule has 1 atom stereocenters. The van der Waals surface area contributed by atoms with E-state index in [0.29, 0.717) is 22.3 Å². The number of benzene rings is 1. The first kappa shape index (κ1) is 16.1. The van der Waals surface area contributed by atoms with E-state index in [1.165, 1.54) is 23.1 Å². The number of carbonyl (C=O) groups is 1. The molecule has 2 rings (SSSR count). The SMILES string of the molecule is CC[C@@H](Oc1cccc(Cl)c1)C(=O)Nc1nnc(SC)s1. The van der Waals surface area contributed by atoms with Crippen LogP contribution in [0.25, 0.3) is 0 Å². The van der Waals surface area contributed by atoms with Crippen molar-refractivity contribution in [2.75, 3.05) is 11.6 Å². The molecule has 1 N–H and O–H groups in total. The lowest BCUT2D eigenvalue weighted by Crippen LogP contribution is -2.32. The number of ether oxygens (including phenoxy) is 1. The maximum Gasteiger partial charge on any atom is 0.267 e. The molecule has 1 amide bonds. The number of aromatic nitrogens is 2. The first-order valence-electron chi connectivity index (χ1n) is 6.23. The van der Waals surface area contributed by atoms with Crippen molar-refractivity contribution in [3.63, 3.8) is 0 Å². The van der Waals surface area contributed by atoms with Crippen molar-refractivity contribution in [2.45, 2.75) is 23.8 Å². The number of nitrogens with zero attached hydrogens (tertiary/aromatic N) is 2. The highest BCUT2D eigenvalue weighted by Gasteiger charge is 2.20. The van der Waals surface area contributed by atoms with Gasteiger partial charge < -0.3 is 4.74 Å². The van der Waals surface area contributed by atoms with Gasteiger partial charge >= 0.3 is 0 Å². The van der Waals surface area contributed by atoms with Gasteiger partial charge in [0.05, 0.1) is 0 Å². The molecule has 0 aliphatic rings. The molecule has 0 unspecified atom stereocenters. The van der Waals surface area contributed by atoms with Crippen LogP contribution in [0.15, 0.2) is 28.6 Å². The van der Waals surface area contributed by atoms with Gasteiger partial charge in [0.2, 0.25) is 5.13 Å². The van der Waals surface area contributed by atoms with Crippen LogP contribution < -0.4 is 10.1 Å². The normalized spacial score (nSPS) is 12.0. The molecule has 0 aliphatic heterocycles. The highest BCUT2D eigenvalue weighted by Crippen LogP contribution is 2.24. The summed E-state index contributed by atoms with van der Waals surface area (Å²) in [7, 11) is 0. The van der Waals surface area contributed by atoms with Gasteiger partial charge in [-0.2, -0.15) is 0 Å². The standard InChI is InChI=1S/C13H14ClN3O2S2/c1-3-10(19-9-6-4-5-8(14)7-9)11(18)15-12-16-17-13(20-2)21-12/h4-7,10H,3H2,1-2H3,(H,15,16,18)/t10-/m1/s1. The minimum atomic E-state index is -0.606. The quantitative estimate of drug-likeness (QED) is 0.640. The molecule has 0 bridgehead atoms. The molecular formula is C13H14ClN3O2S2. The Morgan fingerprint density at radius 3 is 2.95 bits per heavy atom. The van der Waals surface area contributed by atoms with E-state index >= 15 is 0 Å². The molecule has 2 aromatic rings. The number of anilines is 1. The largest absolute Gasteiger partial charge is 0.481 e. The van der Waals surface area contributed by atoms with Crippen molar-refractivity contribution in [1.29, 1.82) is 0 Å². The Bertz CT molecular complexity index is 621. The van der Waals surface area contributed by atoms with E-state index in [2.05, 4.69) is 15.5 Å². The van der Waals surface area contributed by atoms with E-state index in [1.807, 2.05) is 13.2 Å². The van der Waals surface area contributed by atoms with Crippen molar-refractivity contribution in [3.05, 3.63) is 29.3 Å². The maximum absolute atomic E-state index is 12.2. The van der Waals surface area contributed by atoms with Crippen LogP contribution in [-0.2, 0) is 4.79 Å². The van der Waals surface area contributed by atoms with Gasteiger partial charge in [0.1, 0.15) is 5.75 Å². The van der Waals surface area contributed by atoms with Gasteiger partial charge in [-0.15, -0.1) is 10.2 Å².